The van der Waals surface area contributed by atoms with Crippen LogP contribution in [0.25, 0.3) is 16.7 Å². The van der Waals surface area contributed by atoms with E-state index in [1.54, 1.807) is 14.2 Å². The predicted octanol–water partition coefficient (Wildman–Crippen LogP) is 5.11. The number of fused-ring (bicyclic) bond motifs is 3. The van der Waals surface area contributed by atoms with Crippen LogP contribution in [0.3, 0.4) is 0 Å². The standard InChI is InChI=1S/C24H21N3O2/c1-28-18-11-7-16(8-12-18)21-15-23(17-9-13-19(29-2)14-10-17)27-22-6-4-3-5-20(22)25-24(27)26-21/h3-15,23H,1-2H3,(H,25,26). The van der Waals surface area contributed by atoms with Gasteiger partial charge in [-0.05, 0) is 65.7 Å². The zero-order valence-corrected chi connectivity index (χ0v) is 16.3. The molecule has 2 heterocycles. The molecular weight excluding hydrogens is 362 g/mol. The Morgan fingerprint density at radius 3 is 2.17 bits per heavy atom. The number of imidazole rings is 1. The summed E-state index contributed by atoms with van der Waals surface area (Å²) in [6.07, 6.45) is 2.24. The summed E-state index contributed by atoms with van der Waals surface area (Å²) in [5.74, 6) is 2.52. The number of rotatable bonds is 4. The second-order valence-electron chi connectivity index (χ2n) is 6.95. The Bertz CT molecular complexity index is 1190. The molecule has 5 rings (SSSR count). The van der Waals surface area contributed by atoms with E-state index in [-0.39, 0.29) is 6.04 Å². The highest BCUT2D eigenvalue weighted by atomic mass is 16.5. The summed E-state index contributed by atoms with van der Waals surface area (Å²) in [5, 5.41) is 3.51. The first-order valence-corrected chi connectivity index (χ1v) is 9.51. The minimum Gasteiger partial charge on any atom is -0.497 e. The van der Waals surface area contributed by atoms with Crippen LogP contribution in [0.2, 0.25) is 0 Å². The van der Waals surface area contributed by atoms with E-state index in [4.69, 9.17) is 14.5 Å². The number of aromatic nitrogens is 2. The predicted molar refractivity (Wildman–Crippen MR) is 115 cm³/mol. The van der Waals surface area contributed by atoms with Gasteiger partial charge in [0.1, 0.15) is 11.5 Å². The molecule has 0 aliphatic carbocycles. The number of anilines is 1. The largest absolute Gasteiger partial charge is 0.497 e. The third-order valence-corrected chi connectivity index (χ3v) is 5.30. The lowest BCUT2D eigenvalue weighted by molar-refractivity contribution is 0.414. The summed E-state index contributed by atoms with van der Waals surface area (Å²) in [6.45, 7) is 0. The first kappa shape index (κ1) is 17.4. The van der Waals surface area contributed by atoms with E-state index in [1.807, 2.05) is 42.5 Å². The van der Waals surface area contributed by atoms with Gasteiger partial charge >= 0.3 is 0 Å². The molecule has 0 radical (unpaired) electrons. The third kappa shape index (κ3) is 3.01. The van der Waals surface area contributed by atoms with Crippen LogP contribution in [0.5, 0.6) is 11.5 Å². The van der Waals surface area contributed by atoms with E-state index in [1.165, 1.54) is 5.56 Å². The molecule has 3 aromatic carbocycles. The average Bonchev–Trinajstić information content (AvgIpc) is 3.17. The summed E-state index contributed by atoms with van der Waals surface area (Å²) in [6, 6.07) is 24.5. The molecule has 1 aliphatic heterocycles. The van der Waals surface area contributed by atoms with Gasteiger partial charge in [0, 0.05) is 5.70 Å². The molecule has 0 fully saturated rings. The zero-order chi connectivity index (χ0) is 19.8. The Hall–Kier alpha value is -3.73. The molecule has 0 saturated carbocycles. The van der Waals surface area contributed by atoms with Crippen molar-refractivity contribution >= 4 is 22.7 Å². The quantitative estimate of drug-likeness (QED) is 0.532. The van der Waals surface area contributed by atoms with E-state index in [2.05, 4.69) is 46.3 Å². The van der Waals surface area contributed by atoms with E-state index in [9.17, 15) is 0 Å². The average molecular weight is 383 g/mol. The molecule has 1 atom stereocenters. The van der Waals surface area contributed by atoms with Gasteiger partial charge in [0.15, 0.2) is 0 Å². The maximum atomic E-state index is 5.33. The molecule has 144 valence electrons. The second-order valence-corrected chi connectivity index (χ2v) is 6.95. The van der Waals surface area contributed by atoms with Crippen molar-refractivity contribution in [2.24, 2.45) is 0 Å². The number of nitrogens with one attached hydrogen (secondary N) is 1. The molecule has 0 bridgehead atoms. The summed E-state index contributed by atoms with van der Waals surface area (Å²) in [4.78, 5) is 4.83. The second kappa shape index (κ2) is 7.02. The van der Waals surface area contributed by atoms with Crippen LogP contribution in [0.15, 0.2) is 78.9 Å². The lowest BCUT2D eigenvalue weighted by Crippen LogP contribution is -2.19. The Morgan fingerprint density at radius 2 is 1.48 bits per heavy atom. The van der Waals surface area contributed by atoms with Gasteiger partial charge in [-0.1, -0.05) is 24.3 Å². The molecular formula is C24H21N3O2. The molecule has 4 aromatic rings. The molecule has 29 heavy (non-hydrogen) atoms. The maximum Gasteiger partial charge on any atom is 0.209 e. The number of ether oxygens (including phenoxy) is 2. The van der Waals surface area contributed by atoms with Crippen molar-refractivity contribution in [2.45, 2.75) is 6.04 Å². The molecule has 0 saturated heterocycles. The maximum absolute atomic E-state index is 5.33. The van der Waals surface area contributed by atoms with Crippen LogP contribution < -0.4 is 14.8 Å². The number of hydrogen-bond acceptors (Lipinski definition) is 4. The first-order valence-electron chi connectivity index (χ1n) is 9.51. The number of benzene rings is 3. The minimum absolute atomic E-state index is 0.0154. The molecule has 1 unspecified atom stereocenters. The summed E-state index contributed by atoms with van der Waals surface area (Å²) in [5.41, 5.74) is 5.35. The number of methoxy groups -OCH3 is 2. The highest BCUT2D eigenvalue weighted by Gasteiger charge is 2.25. The van der Waals surface area contributed by atoms with E-state index in [0.717, 1.165) is 39.7 Å². The molecule has 5 nitrogen and oxygen atoms in total. The molecule has 1 aliphatic rings. The molecule has 1 N–H and O–H groups in total. The van der Waals surface area contributed by atoms with Gasteiger partial charge in [-0.25, -0.2) is 4.98 Å². The van der Waals surface area contributed by atoms with Crippen molar-refractivity contribution in [3.63, 3.8) is 0 Å². The van der Waals surface area contributed by atoms with Gasteiger partial charge in [0.05, 0.1) is 31.3 Å². The highest BCUT2D eigenvalue weighted by molar-refractivity contribution is 5.85. The Morgan fingerprint density at radius 1 is 0.828 bits per heavy atom. The van der Waals surface area contributed by atoms with Crippen LogP contribution >= 0.6 is 0 Å². The lowest BCUT2D eigenvalue weighted by atomic mass is 10.0. The molecule has 5 heteroatoms. The van der Waals surface area contributed by atoms with Crippen molar-refractivity contribution in [3.05, 3.63) is 90.0 Å². The Labute approximate surface area is 169 Å². The van der Waals surface area contributed by atoms with Crippen molar-refractivity contribution in [1.29, 1.82) is 0 Å². The highest BCUT2D eigenvalue weighted by Crippen LogP contribution is 2.37. The number of allylic oxidation sites excluding steroid dienone is 1. The fourth-order valence-electron chi connectivity index (χ4n) is 3.79. The van der Waals surface area contributed by atoms with Crippen molar-refractivity contribution in [1.82, 2.24) is 9.55 Å². The SMILES string of the molecule is COc1ccc(C2=CC(c3ccc(OC)cc3)n3c(nc4ccccc43)N2)cc1. The molecule has 0 amide bonds. The zero-order valence-electron chi connectivity index (χ0n) is 16.3. The van der Waals surface area contributed by atoms with Gasteiger partial charge in [-0.2, -0.15) is 0 Å². The van der Waals surface area contributed by atoms with Gasteiger partial charge in [0.25, 0.3) is 0 Å². The van der Waals surface area contributed by atoms with Crippen LogP contribution in [-0.2, 0) is 0 Å². The Kier molecular flexibility index (Phi) is 4.21. The van der Waals surface area contributed by atoms with E-state index >= 15 is 0 Å². The number of hydrogen-bond donors (Lipinski definition) is 1. The monoisotopic (exact) mass is 383 g/mol. The van der Waals surface area contributed by atoms with Gasteiger partial charge in [-0.15, -0.1) is 0 Å². The topological polar surface area (TPSA) is 48.3 Å². The van der Waals surface area contributed by atoms with Gasteiger partial charge in [0.2, 0.25) is 5.95 Å². The molecule has 0 spiro atoms. The van der Waals surface area contributed by atoms with Gasteiger partial charge < -0.3 is 14.8 Å². The number of para-hydroxylation sites is 2. The van der Waals surface area contributed by atoms with Crippen LogP contribution in [-0.4, -0.2) is 23.8 Å². The van der Waals surface area contributed by atoms with E-state index in [0.29, 0.717) is 0 Å². The molecule has 1 aromatic heterocycles. The van der Waals surface area contributed by atoms with E-state index < -0.39 is 0 Å². The summed E-state index contributed by atoms with van der Waals surface area (Å²) >= 11 is 0. The Balaban J connectivity index is 1.66. The summed E-state index contributed by atoms with van der Waals surface area (Å²) < 4.78 is 12.9. The third-order valence-electron chi connectivity index (χ3n) is 5.30. The van der Waals surface area contributed by atoms with Crippen molar-refractivity contribution in [3.8, 4) is 11.5 Å². The summed E-state index contributed by atoms with van der Waals surface area (Å²) in [7, 11) is 3.36. The van der Waals surface area contributed by atoms with Crippen LogP contribution in [0, 0.1) is 0 Å². The smallest absolute Gasteiger partial charge is 0.209 e. The lowest BCUT2D eigenvalue weighted by Gasteiger charge is -2.26. The first-order chi connectivity index (χ1) is 14.3. The van der Waals surface area contributed by atoms with Gasteiger partial charge in [-0.3, -0.25) is 4.57 Å². The van der Waals surface area contributed by atoms with Crippen LogP contribution in [0.4, 0.5) is 5.95 Å². The fraction of sp³-hybridized carbons (Fsp3) is 0.125. The number of nitrogens with zero attached hydrogens (tertiary/aromatic N) is 2. The van der Waals surface area contributed by atoms with Crippen molar-refractivity contribution in [2.75, 3.05) is 19.5 Å². The fourth-order valence-corrected chi connectivity index (χ4v) is 3.79. The van der Waals surface area contributed by atoms with Crippen LogP contribution in [0.1, 0.15) is 17.2 Å². The minimum atomic E-state index is 0.0154. The van der Waals surface area contributed by atoms with Crippen molar-refractivity contribution < 1.29 is 9.47 Å². The normalized spacial score (nSPS) is 15.4.